The largest absolute Gasteiger partial charge is 0.394 e. The zero-order valence-electron chi connectivity index (χ0n) is 39.4. The Labute approximate surface area is 397 Å². The molecule has 2 rings (SSSR count). The number of unbranched alkanes of at least 4 members (excludes halogenated alkanes) is 1. The van der Waals surface area contributed by atoms with E-state index in [1.54, 1.807) is 58.0 Å². The molecule has 2 aromatic rings. The van der Waals surface area contributed by atoms with Crippen molar-refractivity contribution in [3.05, 3.63) is 65.7 Å². The number of nitrogens with zero attached hydrogens (tertiary/aromatic N) is 1. The smallest absolute Gasteiger partial charge is 0.332 e. The molecule has 6 atom stereocenters. The molecule has 0 aliphatic carbocycles. The highest BCUT2D eigenvalue weighted by Crippen LogP contribution is 2.14. The van der Waals surface area contributed by atoms with Gasteiger partial charge in [-0.3, -0.25) is 38.6 Å². The van der Waals surface area contributed by atoms with Crippen LogP contribution in [0.5, 0.6) is 0 Å². The second-order valence-corrected chi connectivity index (χ2v) is 18.4. The number of nitrogens with one attached hydrogen (secondary N) is 7. The van der Waals surface area contributed by atoms with Crippen LogP contribution in [-0.2, 0) is 56.6 Å². The number of carbonyl (C=O) groups excluding carboxylic acids is 7. The normalized spacial score (nSPS) is 14.0. The Morgan fingerprint density at radius 2 is 1.19 bits per heavy atom. The van der Waals surface area contributed by atoms with Crippen molar-refractivity contribution < 1.29 is 51.0 Å². The third-order valence-electron chi connectivity index (χ3n) is 10.5. The lowest BCUT2D eigenvalue weighted by molar-refractivity contribution is -0.136. The lowest BCUT2D eigenvalue weighted by Crippen LogP contribution is -2.61. The second kappa shape index (κ2) is 29.5. The van der Waals surface area contributed by atoms with Gasteiger partial charge in [-0.2, -0.15) is 8.42 Å². The fourth-order valence-electron chi connectivity index (χ4n) is 6.87. The van der Waals surface area contributed by atoms with Crippen LogP contribution in [-0.4, -0.2) is 123 Å². The van der Waals surface area contributed by atoms with Crippen molar-refractivity contribution in [1.82, 2.24) is 37.2 Å². The molecule has 14 N–H and O–H groups in total. The highest BCUT2D eigenvalue weighted by Gasteiger charge is 2.34. The first-order valence-electron chi connectivity index (χ1n) is 22.6. The molecular formula is C45H70FN11O10S. The summed E-state index contributed by atoms with van der Waals surface area (Å²) in [5.74, 6) is -5.71. The number of hydrogen-bond acceptors (Lipinski definition) is 12. The Bertz CT molecular complexity index is 2110. The highest BCUT2D eigenvalue weighted by atomic mass is 32.3. The van der Waals surface area contributed by atoms with E-state index >= 15 is 0 Å². The molecule has 0 heterocycles. The van der Waals surface area contributed by atoms with Crippen LogP contribution in [0.1, 0.15) is 84.3 Å². The Morgan fingerprint density at radius 1 is 0.662 bits per heavy atom. The van der Waals surface area contributed by atoms with Crippen LogP contribution in [0.2, 0.25) is 0 Å². The zero-order valence-corrected chi connectivity index (χ0v) is 40.2. The van der Waals surface area contributed by atoms with Crippen LogP contribution >= 0.6 is 0 Å². The summed E-state index contributed by atoms with van der Waals surface area (Å²) in [6.07, 6.45) is 1.63. The predicted octanol–water partition coefficient (Wildman–Crippen LogP) is -0.948. The van der Waals surface area contributed by atoms with Crippen LogP contribution in [0, 0.1) is 11.8 Å². The Balaban J connectivity index is 2.31. The number of hydrogen-bond donors (Lipinski definition) is 11. The number of nitrogens with two attached hydrogens (primary N) is 3. The number of carbonyl (C=O) groups is 7. The molecular weight excluding hydrogens is 906 g/mol. The van der Waals surface area contributed by atoms with Gasteiger partial charge in [-0.1, -0.05) is 70.2 Å². The van der Waals surface area contributed by atoms with Crippen molar-refractivity contribution in [2.75, 3.05) is 26.2 Å². The van der Waals surface area contributed by atoms with Crippen molar-refractivity contribution in [1.29, 1.82) is 0 Å². The summed E-state index contributed by atoms with van der Waals surface area (Å²) in [6, 6.07) is 6.27. The molecule has 23 heteroatoms. The highest BCUT2D eigenvalue weighted by molar-refractivity contribution is 7.86. The van der Waals surface area contributed by atoms with Gasteiger partial charge in [-0.25, -0.2) is 0 Å². The van der Waals surface area contributed by atoms with Crippen molar-refractivity contribution >= 4 is 57.5 Å². The Hall–Kier alpha value is -6.20. The maximum absolute atomic E-state index is 14.1. The summed E-state index contributed by atoms with van der Waals surface area (Å²) in [7, 11) is -4.88. The molecule has 0 saturated heterocycles. The number of halogens is 1. The minimum Gasteiger partial charge on any atom is -0.394 e. The number of aliphatic hydroxyl groups is 1. The topological polar surface area (TPSA) is 348 Å². The third-order valence-corrected chi connectivity index (χ3v) is 11.3. The molecule has 21 nitrogen and oxygen atoms in total. The summed E-state index contributed by atoms with van der Waals surface area (Å²) in [5, 5.41) is 28.8. The van der Waals surface area contributed by atoms with Crippen LogP contribution in [0.3, 0.4) is 0 Å². The Kier molecular flexibility index (Phi) is 25.2. The lowest BCUT2D eigenvalue weighted by Gasteiger charge is -2.28. The SMILES string of the molecule is CC(=O)N[C@H](C(=O)N[C@@H](Cc1ccccc1)C(=O)N[C@@H](CCCN=C(N)N)C(=O)N[C@@H](CO)C(=O)N[C@@H](CC(C)C)C(=O)N[C@@H](CCCCN)C(=O)NCCc1ccc(S(=O)(=O)F)cc1)C(C)C. The number of amides is 7. The molecule has 2 aromatic carbocycles. The minimum absolute atomic E-state index is 0.00494. The molecule has 7 amide bonds. The number of aliphatic hydroxyl groups excluding tert-OH is 1. The molecule has 0 unspecified atom stereocenters. The fraction of sp³-hybridized carbons (Fsp3) is 0.556. The summed E-state index contributed by atoms with van der Waals surface area (Å²) in [4.78, 5) is 97.9. The monoisotopic (exact) mass is 976 g/mol. The van der Waals surface area contributed by atoms with Crippen LogP contribution < -0.4 is 54.4 Å². The first kappa shape index (κ1) is 57.9. The molecule has 0 fully saturated rings. The molecule has 0 bridgehead atoms. The molecule has 0 aliphatic rings. The average molecular weight is 976 g/mol. The fourth-order valence-corrected chi connectivity index (χ4v) is 7.33. The number of guanidine groups is 1. The van der Waals surface area contributed by atoms with Crippen LogP contribution in [0.25, 0.3) is 0 Å². The van der Waals surface area contributed by atoms with Gasteiger partial charge < -0.3 is 59.5 Å². The molecule has 0 saturated carbocycles. The molecule has 0 radical (unpaired) electrons. The van der Waals surface area contributed by atoms with Crippen molar-refractivity contribution in [3.63, 3.8) is 0 Å². The summed E-state index contributed by atoms with van der Waals surface area (Å²) >= 11 is 0. The van der Waals surface area contributed by atoms with Gasteiger partial charge in [0, 0.05) is 26.4 Å². The first-order chi connectivity index (χ1) is 32.1. The van der Waals surface area contributed by atoms with Gasteiger partial charge in [-0.15, -0.1) is 3.89 Å². The summed E-state index contributed by atoms with van der Waals surface area (Å²) in [5.41, 5.74) is 17.9. The summed E-state index contributed by atoms with van der Waals surface area (Å²) in [6.45, 7) is 7.85. The number of rotatable bonds is 30. The molecule has 68 heavy (non-hydrogen) atoms. The van der Waals surface area contributed by atoms with E-state index in [9.17, 15) is 51.0 Å². The molecule has 0 aliphatic heterocycles. The van der Waals surface area contributed by atoms with Gasteiger partial charge in [0.05, 0.1) is 11.5 Å². The zero-order chi connectivity index (χ0) is 51.0. The standard InChI is InChI=1S/C45H70FN11O10S/c1-27(2)24-35(41(62)53-33(14-9-10-21-47)39(60)50-23-20-30-16-18-32(19-17-30)68(46,66)67)55-43(64)37(26-58)57-40(61)34(15-11-22-51-45(48)49)54-42(63)36(25-31-12-7-6-8-13-31)56-44(65)38(28(3)4)52-29(5)59/h6-8,12-13,16-19,27-28,33-38,58H,9-11,14-15,20-26,47H2,1-5H3,(H,50,60)(H,52,59)(H,53,62)(H,54,63)(H,55,64)(H,56,65)(H,57,61)(H4,48,49,51)/t33-,34-,35-,36-,37-,38-/m0/s1. The van der Waals surface area contributed by atoms with Crippen LogP contribution in [0.4, 0.5) is 3.89 Å². The van der Waals surface area contributed by atoms with E-state index in [4.69, 9.17) is 17.2 Å². The molecule has 378 valence electrons. The predicted molar refractivity (Wildman–Crippen MR) is 253 cm³/mol. The van der Waals surface area contributed by atoms with E-state index in [0.29, 0.717) is 30.5 Å². The van der Waals surface area contributed by atoms with Gasteiger partial charge in [0.15, 0.2) is 5.96 Å². The Morgan fingerprint density at radius 3 is 1.74 bits per heavy atom. The number of aliphatic imine (C=N–C) groups is 1. The van der Waals surface area contributed by atoms with Gasteiger partial charge in [0.25, 0.3) is 0 Å². The van der Waals surface area contributed by atoms with E-state index < -0.39 is 99.3 Å². The maximum atomic E-state index is 14.1. The van der Waals surface area contributed by atoms with E-state index in [-0.39, 0.29) is 69.4 Å². The van der Waals surface area contributed by atoms with Crippen molar-refractivity contribution in [2.45, 2.75) is 127 Å². The number of benzene rings is 2. The van der Waals surface area contributed by atoms with E-state index in [2.05, 4.69) is 42.2 Å². The van der Waals surface area contributed by atoms with E-state index in [1.165, 1.54) is 19.1 Å². The van der Waals surface area contributed by atoms with Gasteiger partial charge in [-0.05, 0) is 86.6 Å². The van der Waals surface area contributed by atoms with Crippen LogP contribution in [0.15, 0.2) is 64.5 Å². The van der Waals surface area contributed by atoms with Crippen molar-refractivity contribution in [3.8, 4) is 0 Å². The van der Waals surface area contributed by atoms with Crippen molar-refractivity contribution in [2.24, 2.45) is 34.0 Å². The first-order valence-corrected chi connectivity index (χ1v) is 23.9. The second-order valence-electron chi connectivity index (χ2n) is 17.1. The quantitative estimate of drug-likeness (QED) is 0.0195. The lowest BCUT2D eigenvalue weighted by atomic mass is 10.0. The minimum atomic E-state index is -4.88. The summed E-state index contributed by atoms with van der Waals surface area (Å²) < 4.78 is 35.6. The maximum Gasteiger partial charge on any atom is 0.332 e. The van der Waals surface area contributed by atoms with Gasteiger partial charge in [0.2, 0.25) is 41.4 Å². The third kappa shape index (κ3) is 21.6. The van der Waals surface area contributed by atoms with Gasteiger partial charge >= 0.3 is 10.2 Å². The average Bonchev–Trinajstić information content (AvgIpc) is 3.27. The van der Waals surface area contributed by atoms with E-state index in [0.717, 1.165) is 12.1 Å². The molecule has 0 aromatic heterocycles. The van der Waals surface area contributed by atoms with E-state index in [1.807, 2.05) is 0 Å². The molecule has 0 spiro atoms. The van der Waals surface area contributed by atoms with Gasteiger partial charge in [0.1, 0.15) is 36.3 Å².